The Bertz CT molecular complexity index is 586. The molecule has 0 aliphatic carbocycles. The van der Waals surface area contributed by atoms with E-state index >= 15 is 0 Å². The molecular formula is C18H20ClNOS. The number of halogens is 1. The van der Waals surface area contributed by atoms with E-state index in [1.54, 1.807) is 11.8 Å². The van der Waals surface area contributed by atoms with Crippen LogP contribution < -0.4 is 5.32 Å². The SMILES string of the molecule is CC[C@H](Sc1ccc(Cl)cc1)C(=O)NCCc1ccccc1. The van der Waals surface area contributed by atoms with Gasteiger partial charge in [-0.3, -0.25) is 4.79 Å². The lowest BCUT2D eigenvalue weighted by Crippen LogP contribution is -2.33. The lowest BCUT2D eigenvalue weighted by Gasteiger charge is -2.14. The zero-order valence-corrected chi connectivity index (χ0v) is 14.2. The van der Waals surface area contributed by atoms with Crippen LogP contribution in [0.15, 0.2) is 59.5 Å². The summed E-state index contributed by atoms with van der Waals surface area (Å²) in [6.45, 7) is 2.70. The van der Waals surface area contributed by atoms with Crippen LogP contribution in [0.25, 0.3) is 0 Å². The van der Waals surface area contributed by atoms with Crippen molar-refractivity contribution in [3.05, 3.63) is 65.2 Å². The summed E-state index contributed by atoms with van der Waals surface area (Å²) in [6, 6.07) is 17.8. The van der Waals surface area contributed by atoms with Crippen LogP contribution in [0.2, 0.25) is 5.02 Å². The quantitative estimate of drug-likeness (QED) is 0.752. The van der Waals surface area contributed by atoms with Crippen molar-refractivity contribution in [2.75, 3.05) is 6.54 Å². The summed E-state index contributed by atoms with van der Waals surface area (Å²) in [5.41, 5.74) is 1.24. The van der Waals surface area contributed by atoms with Gasteiger partial charge in [0.25, 0.3) is 0 Å². The first kappa shape index (κ1) is 16.9. The summed E-state index contributed by atoms with van der Waals surface area (Å²) >= 11 is 7.46. The third-order valence-electron chi connectivity index (χ3n) is 3.31. The first-order valence-electron chi connectivity index (χ1n) is 7.43. The third-order valence-corrected chi connectivity index (χ3v) is 4.94. The highest BCUT2D eigenvalue weighted by atomic mass is 35.5. The number of rotatable bonds is 7. The molecule has 2 aromatic carbocycles. The van der Waals surface area contributed by atoms with Crippen LogP contribution in [0.3, 0.4) is 0 Å². The van der Waals surface area contributed by atoms with Crippen molar-refractivity contribution in [1.82, 2.24) is 5.32 Å². The Morgan fingerprint density at radius 2 is 1.82 bits per heavy atom. The third kappa shape index (κ3) is 5.39. The van der Waals surface area contributed by atoms with Crippen molar-refractivity contribution in [1.29, 1.82) is 0 Å². The maximum atomic E-state index is 12.3. The van der Waals surface area contributed by atoms with Gasteiger partial charge < -0.3 is 5.32 Å². The molecular weight excluding hydrogens is 314 g/mol. The Kier molecular flexibility index (Phi) is 6.81. The van der Waals surface area contributed by atoms with Crippen LogP contribution in [-0.2, 0) is 11.2 Å². The molecule has 0 unspecified atom stereocenters. The van der Waals surface area contributed by atoms with Crippen molar-refractivity contribution in [3.8, 4) is 0 Å². The number of carbonyl (C=O) groups is 1. The van der Waals surface area contributed by atoms with E-state index < -0.39 is 0 Å². The van der Waals surface area contributed by atoms with Gasteiger partial charge in [0.05, 0.1) is 5.25 Å². The van der Waals surface area contributed by atoms with Crippen molar-refractivity contribution in [2.45, 2.75) is 29.9 Å². The number of nitrogens with one attached hydrogen (secondary N) is 1. The molecule has 0 saturated carbocycles. The summed E-state index contributed by atoms with van der Waals surface area (Å²) in [7, 11) is 0. The molecule has 2 aromatic rings. The summed E-state index contributed by atoms with van der Waals surface area (Å²) in [6.07, 6.45) is 1.65. The van der Waals surface area contributed by atoms with Gasteiger partial charge in [-0.2, -0.15) is 0 Å². The monoisotopic (exact) mass is 333 g/mol. The van der Waals surface area contributed by atoms with Crippen LogP contribution >= 0.6 is 23.4 Å². The zero-order valence-electron chi connectivity index (χ0n) is 12.6. The number of hydrogen-bond donors (Lipinski definition) is 1. The Hall–Kier alpha value is -1.45. The minimum atomic E-state index is -0.0723. The second-order valence-corrected chi connectivity index (χ2v) is 6.71. The van der Waals surface area contributed by atoms with Crippen LogP contribution in [0.1, 0.15) is 18.9 Å². The summed E-state index contributed by atoms with van der Waals surface area (Å²) in [5.74, 6) is 0.0957. The molecule has 2 rings (SSSR count). The molecule has 0 bridgehead atoms. The molecule has 2 nitrogen and oxygen atoms in total. The standard InChI is InChI=1S/C18H20ClNOS/c1-2-17(22-16-10-8-15(19)9-11-16)18(21)20-13-12-14-6-4-3-5-7-14/h3-11,17H,2,12-13H2,1H3,(H,20,21)/t17-/m0/s1. The molecule has 1 N–H and O–H groups in total. The molecule has 0 saturated heterocycles. The second kappa shape index (κ2) is 8.86. The fourth-order valence-electron chi connectivity index (χ4n) is 2.09. The number of benzene rings is 2. The van der Waals surface area contributed by atoms with Gasteiger partial charge >= 0.3 is 0 Å². The molecule has 116 valence electrons. The van der Waals surface area contributed by atoms with E-state index in [0.717, 1.165) is 17.7 Å². The number of amides is 1. The number of hydrogen-bond acceptors (Lipinski definition) is 2. The lowest BCUT2D eigenvalue weighted by atomic mass is 10.1. The van der Waals surface area contributed by atoms with Gasteiger partial charge in [-0.1, -0.05) is 48.9 Å². The van der Waals surface area contributed by atoms with Crippen LogP contribution in [0.4, 0.5) is 0 Å². The van der Waals surface area contributed by atoms with Gasteiger partial charge in [0.1, 0.15) is 0 Å². The molecule has 0 aromatic heterocycles. The normalized spacial score (nSPS) is 11.9. The fraction of sp³-hybridized carbons (Fsp3) is 0.278. The first-order chi connectivity index (χ1) is 10.7. The van der Waals surface area contributed by atoms with E-state index in [0.29, 0.717) is 11.6 Å². The van der Waals surface area contributed by atoms with Gasteiger partial charge in [-0.25, -0.2) is 0 Å². The number of carbonyl (C=O) groups excluding carboxylic acids is 1. The predicted octanol–water partition coefficient (Wildman–Crippen LogP) is 4.57. The van der Waals surface area contributed by atoms with Gasteiger partial charge in [0.2, 0.25) is 5.91 Å². The Labute approximate surface area is 141 Å². The average molecular weight is 334 g/mol. The average Bonchev–Trinajstić information content (AvgIpc) is 2.55. The van der Waals surface area contributed by atoms with Crippen LogP contribution in [0.5, 0.6) is 0 Å². The molecule has 0 aliphatic heterocycles. The molecule has 0 radical (unpaired) electrons. The minimum Gasteiger partial charge on any atom is -0.355 e. The van der Waals surface area contributed by atoms with E-state index in [1.165, 1.54) is 5.56 Å². The van der Waals surface area contributed by atoms with Crippen LogP contribution in [-0.4, -0.2) is 17.7 Å². The van der Waals surface area contributed by atoms with Gasteiger partial charge in [0, 0.05) is 16.5 Å². The minimum absolute atomic E-state index is 0.0723. The first-order valence-corrected chi connectivity index (χ1v) is 8.68. The summed E-state index contributed by atoms with van der Waals surface area (Å²) < 4.78 is 0. The Morgan fingerprint density at radius 3 is 2.45 bits per heavy atom. The van der Waals surface area contributed by atoms with E-state index in [2.05, 4.69) is 17.4 Å². The van der Waals surface area contributed by atoms with Gasteiger partial charge in [0.15, 0.2) is 0 Å². The highest BCUT2D eigenvalue weighted by molar-refractivity contribution is 8.00. The Balaban J connectivity index is 1.82. The molecule has 1 amide bonds. The van der Waals surface area contributed by atoms with Crippen LogP contribution in [0, 0.1) is 0 Å². The highest BCUT2D eigenvalue weighted by Gasteiger charge is 2.17. The maximum absolute atomic E-state index is 12.3. The molecule has 22 heavy (non-hydrogen) atoms. The van der Waals surface area contributed by atoms with Crippen molar-refractivity contribution in [3.63, 3.8) is 0 Å². The molecule has 0 aliphatic rings. The fourth-order valence-corrected chi connectivity index (χ4v) is 3.19. The van der Waals surface area contributed by atoms with Gasteiger partial charge in [-0.05, 0) is 42.7 Å². The van der Waals surface area contributed by atoms with Crippen molar-refractivity contribution in [2.24, 2.45) is 0 Å². The van der Waals surface area contributed by atoms with E-state index in [4.69, 9.17) is 11.6 Å². The largest absolute Gasteiger partial charge is 0.355 e. The molecule has 0 spiro atoms. The molecule has 4 heteroatoms. The molecule has 0 heterocycles. The lowest BCUT2D eigenvalue weighted by molar-refractivity contribution is -0.120. The number of thioether (sulfide) groups is 1. The van der Waals surface area contributed by atoms with Gasteiger partial charge in [-0.15, -0.1) is 11.8 Å². The van der Waals surface area contributed by atoms with Crippen molar-refractivity contribution < 1.29 is 4.79 Å². The maximum Gasteiger partial charge on any atom is 0.233 e. The smallest absolute Gasteiger partial charge is 0.233 e. The predicted molar refractivity (Wildman–Crippen MR) is 94.5 cm³/mol. The van der Waals surface area contributed by atoms with Crippen molar-refractivity contribution >= 4 is 29.3 Å². The molecule has 0 fully saturated rings. The molecule has 1 atom stereocenters. The highest BCUT2D eigenvalue weighted by Crippen LogP contribution is 2.26. The van der Waals surface area contributed by atoms with E-state index in [1.807, 2.05) is 49.4 Å². The second-order valence-electron chi connectivity index (χ2n) is 5.00. The summed E-state index contributed by atoms with van der Waals surface area (Å²) in [5, 5.41) is 3.67. The Morgan fingerprint density at radius 1 is 1.14 bits per heavy atom. The zero-order chi connectivity index (χ0) is 15.8. The summed E-state index contributed by atoms with van der Waals surface area (Å²) in [4.78, 5) is 13.3. The van der Waals surface area contributed by atoms with E-state index in [-0.39, 0.29) is 11.2 Å². The topological polar surface area (TPSA) is 29.1 Å². The van der Waals surface area contributed by atoms with E-state index in [9.17, 15) is 4.79 Å².